The van der Waals surface area contributed by atoms with E-state index in [1.807, 2.05) is 11.8 Å². The van der Waals surface area contributed by atoms with E-state index in [2.05, 4.69) is 17.3 Å². The molecule has 0 unspecified atom stereocenters. The van der Waals surface area contributed by atoms with Gasteiger partial charge in [-0.25, -0.2) is 4.98 Å². The third-order valence-electron chi connectivity index (χ3n) is 3.63. The zero-order chi connectivity index (χ0) is 13.0. The lowest BCUT2D eigenvalue weighted by molar-refractivity contribution is -0.132. The van der Waals surface area contributed by atoms with Gasteiger partial charge in [-0.1, -0.05) is 6.92 Å². The first kappa shape index (κ1) is 13.5. The summed E-state index contributed by atoms with van der Waals surface area (Å²) in [5, 5.41) is 3.21. The van der Waals surface area contributed by atoms with Gasteiger partial charge in [0, 0.05) is 24.9 Å². The van der Waals surface area contributed by atoms with Crippen LogP contribution in [0.1, 0.15) is 43.3 Å². The van der Waals surface area contributed by atoms with Crippen LogP contribution >= 0.6 is 11.3 Å². The summed E-state index contributed by atoms with van der Waals surface area (Å²) in [4.78, 5) is 18.5. The lowest BCUT2D eigenvalue weighted by Gasteiger charge is -2.30. The van der Waals surface area contributed by atoms with Crippen LogP contribution in [0.4, 0.5) is 0 Å². The molecule has 0 saturated carbocycles. The van der Waals surface area contributed by atoms with E-state index in [1.54, 1.807) is 11.3 Å². The van der Waals surface area contributed by atoms with E-state index in [-0.39, 0.29) is 0 Å². The van der Waals surface area contributed by atoms with Crippen LogP contribution in [0.3, 0.4) is 0 Å². The minimum absolute atomic E-state index is 0.328. The van der Waals surface area contributed by atoms with Crippen molar-refractivity contribution in [3.05, 3.63) is 16.1 Å². The second-order valence-corrected chi connectivity index (χ2v) is 6.34. The highest BCUT2D eigenvalue weighted by molar-refractivity contribution is 7.09. The number of likely N-dealkylation sites (tertiary alicyclic amines) is 1. The van der Waals surface area contributed by atoms with Crippen LogP contribution in [0.5, 0.6) is 0 Å². The quantitative estimate of drug-likeness (QED) is 0.839. The van der Waals surface area contributed by atoms with Crippen molar-refractivity contribution >= 4 is 17.2 Å². The lowest BCUT2D eigenvalue weighted by atomic mass is 9.99. The first-order chi connectivity index (χ1) is 8.65. The van der Waals surface area contributed by atoms with Gasteiger partial charge in [0.25, 0.3) is 0 Å². The van der Waals surface area contributed by atoms with E-state index in [1.165, 1.54) is 0 Å². The topological polar surface area (TPSA) is 33.2 Å². The maximum absolute atomic E-state index is 12.0. The van der Waals surface area contributed by atoms with Gasteiger partial charge >= 0.3 is 0 Å². The molecule has 1 saturated heterocycles. The Labute approximate surface area is 113 Å². The first-order valence-electron chi connectivity index (χ1n) is 6.84. The summed E-state index contributed by atoms with van der Waals surface area (Å²) in [6.45, 7) is 6.20. The number of amides is 1. The molecule has 0 aromatic carbocycles. The molecule has 0 bridgehead atoms. The van der Waals surface area contributed by atoms with E-state index < -0.39 is 0 Å². The Kier molecular flexibility index (Phi) is 4.75. The van der Waals surface area contributed by atoms with E-state index in [0.717, 1.165) is 55.4 Å². The highest BCUT2D eigenvalue weighted by atomic mass is 32.1. The summed E-state index contributed by atoms with van der Waals surface area (Å²) in [5.74, 6) is 1.11. The molecule has 0 N–H and O–H groups in total. The predicted molar refractivity (Wildman–Crippen MR) is 74.8 cm³/mol. The Morgan fingerprint density at radius 3 is 2.83 bits per heavy atom. The van der Waals surface area contributed by atoms with Crippen molar-refractivity contribution in [3.63, 3.8) is 0 Å². The van der Waals surface area contributed by atoms with Crippen LogP contribution in [-0.4, -0.2) is 28.9 Å². The van der Waals surface area contributed by atoms with Gasteiger partial charge in [0.15, 0.2) is 0 Å². The lowest BCUT2D eigenvalue weighted by Crippen LogP contribution is -2.37. The summed E-state index contributed by atoms with van der Waals surface area (Å²) in [6.07, 6.45) is 4.85. The van der Waals surface area contributed by atoms with Crippen molar-refractivity contribution in [3.8, 4) is 0 Å². The average Bonchev–Trinajstić information content (AvgIpc) is 2.76. The number of aromatic nitrogens is 1. The fraction of sp³-hybridized carbons (Fsp3) is 0.714. The Hall–Kier alpha value is -0.900. The molecule has 1 aromatic heterocycles. The Morgan fingerprint density at radius 1 is 1.50 bits per heavy atom. The number of piperidine rings is 1. The molecular formula is C14H22N2OS. The van der Waals surface area contributed by atoms with Gasteiger partial charge in [-0.05, 0) is 38.5 Å². The van der Waals surface area contributed by atoms with Crippen molar-refractivity contribution in [1.29, 1.82) is 0 Å². The highest BCUT2D eigenvalue weighted by Crippen LogP contribution is 2.17. The maximum atomic E-state index is 12.0. The molecule has 0 radical (unpaired) electrons. The fourth-order valence-corrected chi connectivity index (χ4v) is 3.01. The fourth-order valence-electron chi connectivity index (χ4n) is 2.36. The van der Waals surface area contributed by atoms with Gasteiger partial charge in [-0.2, -0.15) is 0 Å². The van der Waals surface area contributed by atoms with Gasteiger partial charge in [0.1, 0.15) is 0 Å². The summed E-state index contributed by atoms with van der Waals surface area (Å²) in [7, 11) is 0. The molecule has 1 aromatic rings. The number of carbonyl (C=O) groups excluding carboxylic acids is 1. The number of rotatable bonds is 4. The van der Waals surface area contributed by atoms with Crippen LogP contribution in [0.15, 0.2) is 5.38 Å². The zero-order valence-corrected chi connectivity index (χ0v) is 12.1. The molecule has 2 rings (SSSR count). The van der Waals surface area contributed by atoms with Crippen molar-refractivity contribution in [2.24, 2.45) is 5.92 Å². The van der Waals surface area contributed by atoms with E-state index >= 15 is 0 Å². The number of hydrogen-bond donors (Lipinski definition) is 0. The Morgan fingerprint density at radius 2 is 2.22 bits per heavy atom. The Bertz CT molecular complexity index is 394. The average molecular weight is 266 g/mol. The SMILES string of the molecule is Cc1nc(CCCC(=O)N2CCC(C)CC2)cs1. The van der Waals surface area contributed by atoms with Crippen molar-refractivity contribution < 1.29 is 4.79 Å². The first-order valence-corrected chi connectivity index (χ1v) is 7.72. The third kappa shape index (κ3) is 3.80. The normalized spacial score (nSPS) is 17.1. The van der Waals surface area contributed by atoms with Gasteiger partial charge in [0.05, 0.1) is 10.7 Å². The van der Waals surface area contributed by atoms with Crippen LogP contribution in [-0.2, 0) is 11.2 Å². The predicted octanol–water partition coefficient (Wildman–Crippen LogP) is 3.03. The van der Waals surface area contributed by atoms with E-state index in [0.29, 0.717) is 12.3 Å². The van der Waals surface area contributed by atoms with Crippen LogP contribution < -0.4 is 0 Å². The standard InChI is InChI=1S/C14H22N2OS/c1-11-6-8-16(9-7-11)14(17)5-3-4-13-10-18-12(2)15-13/h10-11H,3-9H2,1-2H3. The Balaban J connectivity index is 1.68. The molecule has 3 nitrogen and oxygen atoms in total. The molecule has 18 heavy (non-hydrogen) atoms. The largest absolute Gasteiger partial charge is 0.343 e. The third-order valence-corrected chi connectivity index (χ3v) is 4.45. The summed E-state index contributed by atoms with van der Waals surface area (Å²) < 4.78 is 0. The minimum Gasteiger partial charge on any atom is -0.343 e. The molecule has 4 heteroatoms. The molecule has 0 spiro atoms. The van der Waals surface area contributed by atoms with E-state index in [9.17, 15) is 4.79 Å². The maximum Gasteiger partial charge on any atom is 0.222 e. The summed E-state index contributed by atoms with van der Waals surface area (Å²) in [5.41, 5.74) is 1.14. The van der Waals surface area contributed by atoms with Crippen molar-refractivity contribution in [2.45, 2.75) is 46.0 Å². The van der Waals surface area contributed by atoms with Crippen LogP contribution in [0.25, 0.3) is 0 Å². The second kappa shape index (κ2) is 6.32. The van der Waals surface area contributed by atoms with Crippen LogP contribution in [0.2, 0.25) is 0 Å². The minimum atomic E-state index is 0.328. The molecule has 0 aliphatic carbocycles. The monoisotopic (exact) mass is 266 g/mol. The molecule has 1 amide bonds. The second-order valence-electron chi connectivity index (χ2n) is 5.27. The molecule has 1 aliphatic heterocycles. The number of nitrogens with zero attached hydrogens (tertiary/aromatic N) is 2. The van der Waals surface area contributed by atoms with Gasteiger partial charge in [0.2, 0.25) is 5.91 Å². The number of carbonyl (C=O) groups is 1. The summed E-state index contributed by atoms with van der Waals surface area (Å²) in [6, 6.07) is 0. The molecular weight excluding hydrogens is 244 g/mol. The number of thiazole rings is 1. The summed E-state index contributed by atoms with van der Waals surface area (Å²) >= 11 is 1.69. The van der Waals surface area contributed by atoms with Gasteiger partial charge in [-0.3, -0.25) is 4.79 Å². The van der Waals surface area contributed by atoms with Gasteiger partial charge in [-0.15, -0.1) is 11.3 Å². The molecule has 1 aliphatic rings. The molecule has 1 fully saturated rings. The van der Waals surface area contributed by atoms with Gasteiger partial charge < -0.3 is 4.90 Å². The zero-order valence-electron chi connectivity index (χ0n) is 11.3. The molecule has 0 atom stereocenters. The molecule has 100 valence electrons. The molecule has 2 heterocycles. The van der Waals surface area contributed by atoms with Crippen LogP contribution in [0, 0.1) is 12.8 Å². The van der Waals surface area contributed by atoms with Crippen molar-refractivity contribution in [2.75, 3.05) is 13.1 Å². The number of aryl methyl sites for hydroxylation is 2. The van der Waals surface area contributed by atoms with Crippen molar-refractivity contribution in [1.82, 2.24) is 9.88 Å². The smallest absolute Gasteiger partial charge is 0.222 e. The van der Waals surface area contributed by atoms with E-state index in [4.69, 9.17) is 0 Å². The number of hydrogen-bond acceptors (Lipinski definition) is 3. The highest BCUT2D eigenvalue weighted by Gasteiger charge is 2.19.